The smallest absolute Gasteiger partial charge is 0.320 e. The third-order valence-corrected chi connectivity index (χ3v) is 2.02. The summed E-state index contributed by atoms with van der Waals surface area (Å²) in [6, 6.07) is -0.941. The summed E-state index contributed by atoms with van der Waals surface area (Å²) in [5, 5.41) is 10.7. The second-order valence-corrected chi connectivity index (χ2v) is 3.05. The van der Waals surface area contributed by atoms with Crippen LogP contribution in [0.5, 0.6) is 0 Å². The third-order valence-electron chi connectivity index (χ3n) is 2.02. The van der Waals surface area contributed by atoms with Crippen molar-refractivity contribution in [2.75, 3.05) is 0 Å². The van der Waals surface area contributed by atoms with Crippen LogP contribution in [0, 0.1) is 6.92 Å². The highest BCUT2D eigenvalue weighted by Crippen LogP contribution is 2.05. The van der Waals surface area contributed by atoms with Gasteiger partial charge < -0.3 is 15.4 Å². The first-order valence-corrected chi connectivity index (χ1v) is 4.17. The summed E-state index contributed by atoms with van der Waals surface area (Å²) in [5.74, 6) is -0.588. The highest BCUT2D eigenvalue weighted by Gasteiger charge is 2.14. The third kappa shape index (κ3) is 2.23. The zero-order valence-electron chi connectivity index (χ0n) is 7.74. The van der Waals surface area contributed by atoms with Crippen molar-refractivity contribution in [1.29, 1.82) is 0 Å². The minimum atomic E-state index is -1.07. The average molecular weight is 200 g/mol. The molecular weight excluding hydrogens is 188 g/mol. The van der Waals surface area contributed by atoms with Crippen molar-refractivity contribution >= 4 is 5.97 Å². The predicted octanol–water partition coefficient (Wildman–Crippen LogP) is -0.379. The molecular formula is C8H12N2O4. The van der Waals surface area contributed by atoms with Crippen LogP contribution in [0.15, 0.2) is 9.32 Å². The summed E-state index contributed by atoms with van der Waals surface area (Å²) in [6.45, 7) is 1.64. The number of hydrogen-bond acceptors (Lipinski definition) is 4. The molecule has 4 N–H and O–H groups in total. The van der Waals surface area contributed by atoms with Crippen molar-refractivity contribution in [2.24, 2.45) is 5.73 Å². The molecule has 78 valence electrons. The number of aliphatic carboxylic acids is 1. The van der Waals surface area contributed by atoms with Crippen molar-refractivity contribution in [1.82, 2.24) is 5.16 Å². The molecule has 0 aliphatic heterocycles. The van der Waals surface area contributed by atoms with Gasteiger partial charge in [0.15, 0.2) is 0 Å². The van der Waals surface area contributed by atoms with Crippen LogP contribution in [0.1, 0.15) is 17.7 Å². The van der Waals surface area contributed by atoms with Gasteiger partial charge in [0.25, 0.3) is 5.56 Å². The van der Waals surface area contributed by atoms with Crippen LogP contribution in [0.4, 0.5) is 0 Å². The van der Waals surface area contributed by atoms with E-state index < -0.39 is 12.0 Å². The number of nitrogens with one attached hydrogen (secondary N) is 1. The SMILES string of the molecule is Cc1o[nH]c(=O)c1CC[C@@H](N)C(=O)O. The molecule has 0 saturated carbocycles. The Morgan fingerprint density at radius 3 is 2.79 bits per heavy atom. The lowest BCUT2D eigenvalue weighted by Gasteiger charge is -2.03. The number of carboxylic acid groups (broad SMARTS) is 1. The van der Waals surface area contributed by atoms with E-state index in [1.807, 2.05) is 0 Å². The van der Waals surface area contributed by atoms with Crippen LogP contribution < -0.4 is 11.3 Å². The summed E-state index contributed by atoms with van der Waals surface area (Å²) in [5.41, 5.74) is 5.43. The molecule has 14 heavy (non-hydrogen) atoms. The van der Waals surface area contributed by atoms with Gasteiger partial charge in [-0.2, -0.15) is 5.16 Å². The molecule has 0 fully saturated rings. The minimum Gasteiger partial charge on any atom is -0.480 e. The molecule has 1 atom stereocenters. The van der Waals surface area contributed by atoms with Crippen molar-refractivity contribution in [3.63, 3.8) is 0 Å². The molecule has 0 aliphatic rings. The van der Waals surface area contributed by atoms with E-state index in [1.54, 1.807) is 6.92 Å². The number of hydrogen-bond donors (Lipinski definition) is 3. The zero-order chi connectivity index (χ0) is 10.7. The molecule has 1 heterocycles. The average Bonchev–Trinajstić information content (AvgIpc) is 2.43. The maximum atomic E-state index is 11.1. The van der Waals surface area contributed by atoms with E-state index >= 15 is 0 Å². The van der Waals surface area contributed by atoms with Gasteiger partial charge in [0.2, 0.25) is 0 Å². The maximum Gasteiger partial charge on any atom is 0.320 e. The first-order chi connectivity index (χ1) is 6.52. The predicted molar refractivity (Wildman–Crippen MR) is 48.0 cm³/mol. The number of rotatable bonds is 4. The largest absolute Gasteiger partial charge is 0.480 e. The van der Waals surface area contributed by atoms with E-state index in [9.17, 15) is 9.59 Å². The summed E-state index contributed by atoms with van der Waals surface area (Å²) < 4.78 is 4.76. The molecule has 1 rings (SSSR count). The summed E-state index contributed by atoms with van der Waals surface area (Å²) in [6.07, 6.45) is 0.532. The van der Waals surface area contributed by atoms with Gasteiger partial charge in [-0.15, -0.1) is 0 Å². The number of aryl methyl sites for hydroxylation is 1. The van der Waals surface area contributed by atoms with Crippen LogP contribution in [0.25, 0.3) is 0 Å². The maximum absolute atomic E-state index is 11.1. The summed E-state index contributed by atoms with van der Waals surface area (Å²) >= 11 is 0. The minimum absolute atomic E-state index is 0.221. The Morgan fingerprint density at radius 1 is 1.71 bits per heavy atom. The van der Waals surface area contributed by atoms with E-state index in [-0.39, 0.29) is 12.0 Å². The standard InChI is InChI=1S/C8H12N2O4/c1-4-5(7(11)10-14-4)2-3-6(9)8(12)13/h6H,2-3,9H2,1H3,(H,10,11)(H,12,13)/t6-/m1/s1. The van der Waals surface area contributed by atoms with Crippen molar-refractivity contribution in [3.05, 3.63) is 21.7 Å². The Labute approximate surface area is 79.7 Å². The topological polar surface area (TPSA) is 109 Å². The Hall–Kier alpha value is -1.56. The molecule has 6 heteroatoms. The monoisotopic (exact) mass is 200 g/mol. The number of aromatic amines is 1. The second-order valence-electron chi connectivity index (χ2n) is 3.05. The van der Waals surface area contributed by atoms with Crippen molar-refractivity contribution < 1.29 is 14.4 Å². The fourth-order valence-corrected chi connectivity index (χ4v) is 1.12. The van der Waals surface area contributed by atoms with Gasteiger partial charge in [-0.25, -0.2) is 0 Å². The molecule has 1 aromatic heterocycles. The Morgan fingerprint density at radius 2 is 2.36 bits per heavy atom. The molecule has 1 aromatic rings. The van der Waals surface area contributed by atoms with E-state index in [4.69, 9.17) is 15.4 Å². The van der Waals surface area contributed by atoms with Crippen molar-refractivity contribution in [2.45, 2.75) is 25.8 Å². The van der Waals surface area contributed by atoms with E-state index in [1.165, 1.54) is 0 Å². The molecule has 0 saturated heterocycles. The normalized spacial score (nSPS) is 12.7. The van der Waals surface area contributed by atoms with Crippen LogP contribution in [-0.2, 0) is 11.2 Å². The quantitative estimate of drug-likeness (QED) is 0.613. The van der Waals surface area contributed by atoms with Crippen LogP contribution in [-0.4, -0.2) is 22.3 Å². The van der Waals surface area contributed by atoms with Gasteiger partial charge in [0, 0.05) is 0 Å². The molecule has 0 radical (unpaired) electrons. The Kier molecular flexibility index (Phi) is 3.08. The molecule has 0 spiro atoms. The lowest BCUT2D eigenvalue weighted by molar-refractivity contribution is -0.138. The molecule has 6 nitrogen and oxygen atoms in total. The van der Waals surface area contributed by atoms with Gasteiger partial charge >= 0.3 is 5.97 Å². The van der Waals surface area contributed by atoms with Gasteiger partial charge in [0.1, 0.15) is 11.8 Å². The number of carboxylic acids is 1. The van der Waals surface area contributed by atoms with Gasteiger partial charge in [-0.3, -0.25) is 9.59 Å². The number of carbonyl (C=O) groups is 1. The number of aromatic nitrogens is 1. The second kappa shape index (κ2) is 4.10. The summed E-state index contributed by atoms with van der Waals surface area (Å²) in [7, 11) is 0. The molecule has 0 bridgehead atoms. The van der Waals surface area contributed by atoms with Gasteiger partial charge in [0.05, 0.1) is 5.56 Å². The Bertz CT molecular complexity index is 379. The molecule has 0 unspecified atom stereocenters. The van der Waals surface area contributed by atoms with Gasteiger partial charge in [-0.1, -0.05) is 0 Å². The molecule has 0 amide bonds. The first-order valence-electron chi connectivity index (χ1n) is 4.17. The number of H-pyrrole nitrogens is 1. The summed E-state index contributed by atoms with van der Waals surface area (Å²) in [4.78, 5) is 21.5. The zero-order valence-corrected chi connectivity index (χ0v) is 7.74. The highest BCUT2D eigenvalue weighted by molar-refractivity contribution is 5.73. The fourth-order valence-electron chi connectivity index (χ4n) is 1.12. The lowest BCUT2D eigenvalue weighted by Crippen LogP contribution is -2.31. The van der Waals surface area contributed by atoms with Crippen LogP contribution in [0.2, 0.25) is 0 Å². The van der Waals surface area contributed by atoms with E-state index in [0.29, 0.717) is 17.7 Å². The first kappa shape index (κ1) is 10.5. The van der Waals surface area contributed by atoms with Crippen LogP contribution >= 0.6 is 0 Å². The van der Waals surface area contributed by atoms with E-state index in [0.717, 1.165) is 0 Å². The van der Waals surface area contributed by atoms with Crippen molar-refractivity contribution in [3.8, 4) is 0 Å². The number of nitrogens with two attached hydrogens (primary N) is 1. The molecule has 0 aromatic carbocycles. The lowest BCUT2D eigenvalue weighted by atomic mass is 10.1. The highest BCUT2D eigenvalue weighted by atomic mass is 16.5. The van der Waals surface area contributed by atoms with Gasteiger partial charge in [-0.05, 0) is 19.8 Å². The molecule has 0 aliphatic carbocycles. The fraction of sp³-hybridized carbons (Fsp3) is 0.500. The van der Waals surface area contributed by atoms with Crippen LogP contribution in [0.3, 0.4) is 0 Å². The Balaban J connectivity index is 2.62. The van der Waals surface area contributed by atoms with E-state index in [2.05, 4.69) is 5.16 Å².